The van der Waals surface area contributed by atoms with Crippen LogP contribution in [-0.4, -0.2) is 30.1 Å². The third-order valence-corrected chi connectivity index (χ3v) is 4.59. The lowest BCUT2D eigenvalue weighted by Crippen LogP contribution is -2.25. The Balaban J connectivity index is 0.00000161. The zero-order valence-corrected chi connectivity index (χ0v) is 13.7. The average Bonchev–Trinajstić information content (AvgIpc) is 2.75. The van der Waals surface area contributed by atoms with Gasteiger partial charge < -0.3 is 10.5 Å². The first-order valence-electron chi connectivity index (χ1n) is 6.83. The number of anilines is 1. The van der Waals surface area contributed by atoms with E-state index in [0.717, 1.165) is 38.2 Å². The molecule has 1 aliphatic rings. The molecule has 1 aromatic heterocycles. The molecule has 0 radical (unpaired) electrons. The fourth-order valence-corrected chi connectivity index (χ4v) is 3.48. The summed E-state index contributed by atoms with van der Waals surface area (Å²) in [6, 6.07) is 6.35. The summed E-state index contributed by atoms with van der Waals surface area (Å²) in [6.45, 7) is 3.05. The second-order valence-electron chi connectivity index (χ2n) is 5.04. The van der Waals surface area contributed by atoms with Crippen LogP contribution in [0.15, 0.2) is 24.4 Å². The van der Waals surface area contributed by atoms with Gasteiger partial charge in [-0.05, 0) is 30.0 Å². The third-order valence-electron chi connectivity index (χ3n) is 3.78. The molecule has 114 valence electrons. The molecule has 3 rings (SSSR count). The van der Waals surface area contributed by atoms with Crippen LogP contribution in [0.5, 0.6) is 5.75 Å². The van der Waals surface area contributed by atoms with Crippen molar-refractivity contribution in [3.63, 3.8) is 0 Å². The van der Waals surface area contributed by atoms with Gasteiger partial charge in [0.25, 0.3) is 0 Å². The van der Waals surface area contributed by atoms with Crippen molar-refractivity contribution >= 4 is 28.9 Å². The topological polar surface area (TPSA) is 51.4 Å². The number of halogens is 1. The van der Waals surface area contributed by atoms with Gasteiger partial charge in [0.2, 0.25) is 0 Å². The van der Waals surface area contributed by atoms with Gasteiger partial charge in [0.15, 0.2) is 5.13 Å². The summed E-state index contributed by atoms with van der Waals surface area (Å²) in [5.74, 6) is 1.02. The molecule has 0 bridgehead atoms. The zero-order valence-electron chi connectivity index (χ0n) is 12.0. The minimum absolute atomic E-state index is 0. The summed E-state index contributed by atoms with van der Waals surface area (Å²) in [6.07, 6.45) is 3.99. The van der Waals surface area contributed by atoms with Crippen molar-refractivity contribution in [1.29, 1.82) is 0 Å². The van der Waals surface area contributed by atoms with Gasteiger partial charge in [-0.2, -0.15) is 0 Å². The van der Waals surface area contributed by atoms with Gasteiger partial charge in [0, 0.05) is 30.7 Å². The fraction of sp³-hybridized carbons (Fsp3) is 0.400. The van der Waals surface area contributed by atoms with E-state index in [4.69, 9.17) is 10.5 Å². The number of nitrogens with two attached hydrogens (primary N) is 1. The molecule has 0 fully saturated rings. The minimum Gasteiger partial charge on any atom is -0.496 e. The maximum atomic E-state index is 5.69. The summed E-state index contributed by atoms with van der Waals surface area (Å²) >= 11 is 1.58. The smallest absolute Gasteiger partial charge is 0.180 e. The Morgan fingerprint density at radius 3 is 2.86 bits per heavy atom. The van der Waals surface area contributed by atoms with Crippen molar-refractivity contribution in [3.05, 3.63) is 40.4 Å². The first-order valence-corrected chi connectivity index (χ1v) is 7.65. The number of nitrogens with zero attached hydrogens (tertiary/aromatic N) is 2. The molecular formula is C15H20ClN3OS. The molecule has 21 heavy (non-hydrogen) atoms. The van der Waals surface area contributed by atoms with Crippen molar-refractivity contribution < 1.29 is 4.74 Å². The second kappa shape index (κ2) is 7.11. The summed E-state index contributed by atoms with van der Waals surface area (Å²) in [5.41, 5.74) is 8.47. The molecule has 1 aliphatic heterocycles. The molecule has 0 amide bonds. The molecule has 0 atom stereocenters. The summed E-state index contributed by atoms with van der Waals surface area (Å²) < 4.78 is 5.48. The monoisotopic (exact) mass is 325 g/mol. The quantitative estimate of drug-likeness (QED) is 0.942. The fourth-order valence-electron chi connectivity index (χ4n) is 2.75. The predicted molar refractivity (Wildman–Crippen MR) is 89.5 cm³/mol. The van der Waals surface area contributed by atoms with Crippen LogP contribution in [-0.2, 0) is 19.4 Å². The van der Waals surface area contributed by atoms with Gasteiger partial charge in [0.1, 0.15) is 5.75 Å². The van der Waals surface area contributed by atoms with Crippen molar-refractivity contribution in [2.45, 2.75) is 19.4 Å². The molecule has 2 aromatic rings. The van der Waals surface area contributed by atoms with E-state index in [1.165, 1.54) is 16.0 Å². The Kier molecular flexibility index (Phi) is 5.45. The van der Waals surface area contributed by atoms with Crippen molar-refractivity contribution in [2.24, 2.45) is 0 Å². The number of hydrogen-bond donors (Lipinski definition) is 1. The highest BCUT2D eigenvalue weighted by Crippen LogP contribution is 2.26. The minimum atomic E-state index is 0. The van der Waals surface area contributed by atoms with Crippen molar-refractivity contribution in [1.82, 2.24) is 9.88 Å². The third kappa shape index (κ3) is 3.67. The van der Waals surface area contributed by atoms with Gasteiger partial charge in [-0.3, -0.25) is 4.90 Å². The summed E-state index contributed by atoms with van der Waals surface area (Å²) in [5, 5.41) is 0.653. The standard InChI is InChI=1S/C15H19N3OS.ClH/c1-19-14-4-2-3-11-5-7-18(8-6-13(11)14)10-12-9-17-15(16)20-12;/h2-4,9H,5-8,10H2,1H3,(H2,16,17);1H. The molecule has 0 unspecified atom stereocenters. The van der Waals surface area contributed by atoms with E-state index in [1.54, 1.807) is 18.4 Å². The Labute approximate surface area is 135 Å². The van der Waals surface area contributed by atoms with Crippen LogP contribution < -0.4 is 10.5 Å². The van der Waals surface area contributed by atoms with Crippen LogP contribution in [0.1, 0.15) is 16.0 Å². The summed E-state index contributed by atoms with van der Waals surface area (Å²) in [7, 11) is 1.75. The number of rotatable bonds is 3. The number of hydrogen-bond acceptors (Lipinski definition) is 5. The van der Waals surface area contributed by atoms with Gasteiger partial charge >= 0.3 is 0 Å². The number of fused-ring (bicyclic) bond motifs is 1. The first kappa shape index (κ1) is 16.1. The molecule has 1 aromatic carbocycles. The maximum Gasteiger partial charge on any atom is 0.180 e. The first-order chi connectivity index (χ1) is 9.76. The van der Waals surface area contributed by atoms with Crippen molar-refractivity contribution in [3.8, 4) is 5.75 Å². The normalized spacial score (nSPS) is 14.9. The number of benzene rings is 1. The Morgan fingerprint density at radius 2 is 2.14 bits per heavy atom. The molecule has 0 spiro atoms. The van der Waals surface area contributed by atoms with E-state index in [9.17, 15) is 0 Å². The molecule has 0 aliphatic carbocycles. The summed E-state index contributed by atoms with van der Waals surface area (Å²) in [4.78, 5) is 7.82. The van der Waals surface area contributed by atoms with Crippen LogP contribution in [0.25, 0.3) is 0 Å². The van der Waals surface area contributed by atoms with Crippen molar-refractivity contribution in [2.75, 3.05) is 25.9 Å². The van der Waals surface area contributed by atoms with E-state index in [-0.39, 0.29) is 12.4 Å². The lowest BCUT2D eigenvalue weighted by atomic mass is 10.0. The molecule has 6 heteroatoms. The highest BCUT2D eigenvalue weighted by Gasteiger charge is 2.17. The van der Waals surface area contributed by atoms with Crippen LogP contribution >= 0.6 is 23.7 Å². The Bertz CT molecular complexity index is 602. The number of ether oxygens (including phenoxy) is 1. The highest BCUT2D eigenvalue weighted by atomic mass is 35.5. The largest absolute Gasteiger partial charge is 0.496 e. The van der Waals surface area contributed by atoms with E-state index in [2.05, 4.69) is 28.1 Å². The number of nitrogen functional groups attached to an aromatic ring is 1. The van der Waals surface area contributed by atoms with E-state index in [0.29, 0.717) is 5.13 Å². The zero-order chi connectivity index (χ0) is 13.9. The van der Waals surface area contributed by atoms with Crippen LogP contribution in [0, 0.1) is 0 Å². The molecule has 2 heterocycles. The predicted octanol–water partition coefficient (Wildman–Crippen LogP) is 2.76. The molecule has 2 N–H and O–H groups in total. The SMILES string of the molecule is COc1cccc2c1CCN(Cc1cnc(N)s1)CC2.Cl. The molecular weight excluding hydrogens is 306 g/mol. The Hall–Kier alpha value is -1.30. The van der Waals surface area contributed by atoms with Gasteiger partial charge in [-0.15, -0.1) is 23.7 Å². The number of methoxy groups -OCH3 is 1. The van der Waals surface area contributed by atoms with E-state index in [1.807, 2.05) is 6.20 Å². The lowest BCUT2D eigenvalue weighted by Gasteiger charge is -2.18. The number of aromatic nitrogens is 1. The van der Waals surface area contributed by atoms with E-state index >= 15 is 0 Å². The average molecular weight is 326 g/mol. The van der Waals surface area contributed by atoms with Gasteiger partial charge in [0.05, 0.1) is 7.11 Å². The van der Waals surface area contributed by atoms with Gasteiger partial charge in [-0.25, -0.2) is 4.98 Å². The molecule has 0 saturated carbocycles. The van der Waals surface area contributed by atoms with E-state index < -0.39 is 0 Å². The van der Waals surface area contributed by atoms with Gasteiger partial charge in [-0.1, -0.05) is 12.1 Å². The maximum absolute atomic E-state index is 5.69. The Morgan fingerprint density at radius 1 is 1.33 bits per heavy atom. The number of thiazole rings is 1. The lowest BCUT2D eigenvalue weighted by molar-refractivity contribution is 0.281. The molecule has 4 nitrogen and oxygen atoms in total. The van der Waals surface area contributed by atoms with Crippen LogP contribution in [0.2, 0.25) is 0 Å². The highest BCUT2D eigenvalue weighted by molar-refractivity contribution is 7.15. The second-order valence-corrected chi connectivity index (χ2v) is 6.19. The van der Waals surface area contributed by atoms with Crippen LogP contribution in [0.3, 0.4) is 0 Å². The molecule has 0 saturated heterocycles. The van der Waals surface area contributed by atoms with Crippen LogP contribution in [0.4, 0.5) is 5.13 Å².